The molecule has 2 aromatic heterocycles. The first kappa shape index (κ1) is 17.9. The van der Waals surface area contributed by atoms with Gasteiger partial charge in [0.05, 0.1) is 0 Å². The minimum Gasteiger partial charge on any atom is -0.451 e. The third-order valence-corrected chi connectivity index (χ3v) is 3.95. The molecule has 0 aliphatic carbocycles. The van der Waals surface area contributed by atoms with Crippen molar-refractivity contribution in [1.29, 1.82) is 0 Å². The van der Waals surface area contributed by atoms with Crippen molar-refractivity contribution in [2.75, 3.05) is 0 Å². The summed E-state index contributed by atoms with van der Waals surface area (Å²) in [6.07, 6.45) is -3.65. The third-order valence-electron chi connectivity index (χ3n) is 3.95. The van der Waals surface area contributed by atoms with Gasteiger partial charge in [-0.1, -0.05) is 18.2 Å². The Morgan fingerprint density at radius 3 is 2.14 bits per heavy atom. The minimum atomic E-state index is -4.72. The van der Waals surface area contributed by atoms with Crippen LogP contribution in [0.15, 0.2) is 60.8 Å². The van der Waals surface area contributed by atoms with Crippen LogP contribution in [0.5, 0.6) is 11.5 Å². The van der Waals surface area contributed by atoms with Crippen molar-refractivity contribution >= 4 is 5.65 Å². The van der Waals surface area contributed by atoms with Crippen molar-refractivity contribution in [3.05, 3.63) is 78.3 Å². The van der Waals surface area contributed by atoms with Gasteiger partial charge in [0.25, 0.3) is 0 Å². The molecule has 0 fully saturated rings. The van der Waals surface area contributed by atoms with Crippen LogP contribution in [0.2, 0.25) is 0 Å². The maximum absolute atomic E-state index is 14.4. The summed E-state index contributed by atoms with van der Waals surface area (Å²) in [5, 5.41) is 6.56. The first-order chi connectivity index (χ1) is 13.3. The van der Waals surface area contributed by atoms with Gasteiger partial charge >= 0.3 is 6.18 Å². The van der Waals surface area contributed by atoms with Gasteiger partial charge in [-0.3, -0.25) is 4.40 Å². The third kappa shape index (κ3) is 3.26. The lowest BCUT2D eigenvalue weighted by Crippen LogP contribution is -2.10. The fraction of sp³-hybridized carbons (Fsp3) is 0.0526. The number of hydrogen-bond donors (Lipinski definition) is 0. The van der Waals surface area contributed by atoms with Crippen LogP contribution in [0.3, 0.4) is 0 Å². The lowest BCUT2D eigenvalue weighted by Gasteiger charge is -2.11. The van der Waals surface area contributed by atoms with E-state index in [1.807, 2.05) is 0 Å². The Bertz CT molecular complexity index is 1130. The smallest absolute Gasteiger partial charge is 0.451 e. The van der Waals surface area contributed by atoms with Crippen molar-refractivity contribution in [1.82, 2.24) is 14.6 Å². The second kappa shape index (κ2) is 6.59. The summed E-state index contributed by atoms with van der Waals surface area (Å²) in [5.41, 5.74) is 0.155. The predicted octanol–water partition coefficient (Wildman–Crippen LogP) is 5.49. The van der Waals surface area contributed by atoms with Crippen molar-refractivity contribution in [3.8, 4) is 22.6 Å². The van der Waals surface area contributed by atoms with Crippen LogP contribution in [0.1, 0.15) is 5.82 Å². The number of halogens is 5. The predicted molar refractivity (Wildman–Crippen MR) is 89.9 cm³/mol. The molecule has 2 heterocycles. The van der Waals surface area contributed by atoms with E-state index in [0.29, 0.717) is 0 Å². The molecule has 0 amide bonds. The molecule has 0 saturated carbocycles. The van der Waals surface area contributed by atoms with Crippen molar-refractivity contribution in [2.45, 2.75) is 6.18 Å². The number of pyridine rings is 1. The number of para-hydroxylation sites is 1. The van der Waals surface area contributed by atoms with Crippen molar-refractivity contribution in [3.63, 3.8) is 0 Å². The monoisotopic (exact) mass is 391 g/mol. The lowest BCUT2D eigenvalue weighted by molar-refractivity contribution is -0.145. The van der Waals surface area contributed by atoms with Gasteiger partial charge < -0.3 is 4.74 Å². The van der Waals surface area contributed by atoms with E-state index >= 15 is 0 Å². The number of ether oxygens (including phenoxy) is 1. The van der Waals surface area contributed by atoms with Gasteiger partial charge in [-0.25, -0.2) is 8.78 Å². The van der Waals surface area contributed by atoms with Crippen LogP contribution in [-0.4, -0.2) is 14.6 Å². The maximum atomic E-state index is 14.4. The van der Waals surface area contributed by atoms with Gasteiger partial charge in [0, 0.05) is 6.20 Å². The average molecular weight is 391 g/mol. The number of rotatable bonds is 3. The summed E-state index contributed by atoms with van der Waals surface area (Å²) in [5.74, 6) is -3.56. The largest absolute Gasteiger partial charge is 0.452 e. The summed E-state index contributed by atoms with van der Waals surface area (Å²) < 4.78 is 73.8. The Labute approximate surface area is 154 Å². The summed E-state index contributed by atoms with van der Waals surface area (Å²) >= 11 is 0. The van der Waals surface area contributed by atoms with Gasteiger partial charge in [0.1, 0.15) is 5.75 Å². The molecule has 0 atom stereocenters. The first-order valence-corrected chi connectivity index (χ1v) is 7.97. The highest BCUT2D eigenvalue weighted by molar-refractivity contribution is 5.66. The SMILES string of the molecule is Fc1cc(-c2ccc3nnc(C(F)(F)F)n3c2)cc(F)c1Oc1ccccc1. The van der Waals surface area contributed by atoms with Crippen LogP contribution in [0.25, 0.3) is 16.8 Å². The maximum Gasteiger partial charge on any atom is 0.452 e. The molecule has 28 heavy (non-hydrogen) atoms. The van der Waals surface area contributed by atoms with E-state index in [2.05, 4.69) is 10.2 Å². The van der Waals surface area contributed by atoms with E-state index in [9.17, 15) is 22.0 Å². The Hall–Kier alpha value is -3.49. The van der Waals surface area contributed by atoms with Crippen LogP contribution < -0.4 is 4.74 Å². The molecule has 4 rings (SSSR count). The van der Waals surface area contributed by atoms with E-state index in [-0.39, 0.29) is 22.5 Å². The van der Waals surface area contributed by atoms with Gasteiger partial charge in [-0.2, -0.15) is 13.2 Å². The van der Waals surface area contributed by atoms with Crippen LogP contribution >= 0.6 is 0 Å². The minimum absolute atomic E-state index is 0.0407. The van der Waals surface area contributed by atoms with E-state index in [1.54, 1.807) is 18.2 Å². The Morgan fingerprint density at radius 2 is 1.50 bits per heavy atom. The molecule has 0 N–H and O–H groups in total. The second-order valence-corrected chi connectivity index (χ2v) is 5.85. The zero-order chi connectivity index (χ0) is 19.9. The zero-order valence-electron chi connectivity index (χ0n) is 13.9. The van der Waals surface area contributed by atoms with E-state index in [1.165, 1.54) is 24.3 Å². The number of benzene rings is 2. The first-order valence-electron chi connectivity index (χ1n) is 7.97. The molecule has 0 aliphatic rings. The van der Waals surface area contributed by atoms with Crippen LogP contribution in [0.4, 0.5) is 22.0 Å². The zero-order valence-corrected chi connectivity index (χ0v) is 13.9. The fourth-order valence-electron chi connectivity index (χ4n) is 2.69. The molecule has 0 bridgehead atoms. The van der Waals surface area contributed by atoms with Crippen LogP contribution in [0, 0.1) is 11.6 Å². The number of aromatic nitrogens is 3. The molecular formula is C19H10F5N3O. The molecule has 0 saturated heterocycles. The number of alkyl halides is 3. The highest BCUT2D eigenvalue weighted by atomic mass is 19.4. The van der Waals surface area contributed by atoms with Gasteiger partial charge in [0.2, 0.25) is 5.82 Å². The Balaban J connectivity index is 1.75. The second-order valence-electron chi connectivity index (χ2n) is 5.85. The molecule has 2 aromatic carbocycles. The van der Waals surface area contributed by atoms with Gasteiger partial charge in [-0.15, -0.1) is 10.2 Å². The Kier molecular flexibility index (Phi) is 4.21. The van der Waals surface area contributed by atoms with Crippen molar-refractivity contribution in [2.24, 2.45) is 0 Å². The molecular weight excluding hydrogens is 381 g/mol. The molecule has 9 heteroatoms. The summed E-state index contributed by atoms with van der Waals surface area (Å²) in [4.78, 5) is 0. The standard InChI is InChI=1S/C19H10F5N3O/c20-14-8-12(9-15(21)17(14)28-13-4-2-1-3-5-13)11-6-7-16-25-26-18(19(22,23)24)27(16)10-11/h1-10H. The molecule has 142 valence electrons. The van der Waals surface area contributed by atoms with Crippen molar-refractivity contribution < 1.29 is 26.7 Å². The summed E-state index contributed by atoms with van der Waals surface area (Å²) in [6, 6.07) is 12.7. The summed E-state index contributed by atoms with van der Waals surface area (Å²) in [6.45, 7) is 0. The van der Waals surface area contributed by atoms with E-state index in [4.69, 9.17) is 4.74 Å². The lowest BCUT2D eigenvalue weighted by atomic mass is 10.1. The fourth-order valence-corrected chi connectivity index (χ4v) is 2.69. The summed E-state index contributed by atoms with van der Waals surface area (Å²) in [7, 11) is 0. The van der Waals surface area contributed by atoms with Gasteiger partial charge in [0.15, 0.2) is 23.0 Å². The number of hydrogen-bond acceptors (Lipinski definition) is 3. The Morgan fingerprint density at radius 1 is 0.821 bits per heavy atom. The quantitative estimate of drug-likeness (QED) is 0.434. The van der Waals surface area contributed by atoms with Crippen LogP contribution in [-0.2, 0) is 6.18 Å². The average Bonchev–Trinajstić information content (AvgIpc) is 3.09. The van der Waals surface area contributed by atoms with E-state index in [0.717, 1.165) is 22.7 Å². The highest BCUT2D eigenvalue weighted by Gasteiger charge is 2.36. The molecule has 0 aliphatic heterocycles. The number of nitrogens with zero attached hydrogens (tertiary/aromatic N) is 3. The molecule has 4 nitrogen and oxygen atoms in total. The normalized spacial score (nSPS) is 11.8. The molecule has 0 unspecified atom stereocenters. The van der Waals surface area contributed by atoms with Gasteiger partial charge in [-0.05, 0) is 47.5 Å². The molecule has 0 spiro atoms. The molecule has 0 radical (unpaired) electrons. The number of fused-ring (bicyclic) bond motifs is 1. The topological polar surface area (TPSA) is 39.4 Å². The molecule has 4 aromatic rings. The van der Waals surface area contributed by atoms with E-state index < -0.39 is 29.4 Å². The highest BCUT2D eigenvalue weighted by Crippen LogP contribution is 2.33.